The van der Waals surface area contributed by atoms with Gasteiger partial charge in [0.05, 0.1) is 0 Å². The Morgan fingerprint density at radius 1 is 0.727 bits per heavy atom. The molecule has 0 fully saturated rings. The predicted molar refractivity (Wildman–Crippen MR) is 47.9 cm³/mol. The molecule has 0 saturated carbocycles. The van der Waals surface area contributed by atoms with Crippen molar-refractivity contribution in [3.05, 3.63) is 45.4 Å². The normalized spacial score (nSPS) is 13.3. The molecule has 0 N–H and O–H groups in total. The summed E-state index contributed by atoms with van der Waals surface area (Å²) in [7, 11) is 0. The molecule has 0 aliphatic carbocycles. The number of hydrogen-bond acceptors (Lipinski definition) is 0. The van der Waals surface area contributed by atoms with Gasteiger partial charge in [-0.1, -0.05) is 0 Å². The first-order valence-corrected chi connectivity index (χ1v) is 5.94. The molecule has 0 aliphatic rings. The van der Waals surface area contributed by atoms with Gasteiger partial charge in [0, 0.05) is 0 Å². The van der Waals surface area contributed by atoms with Crippen LogP contribution >= 0.6 is 0 Å². The zero-order valence-corrected chi connectivity index (χ0v) is 9.03. The van der Waals surface area contributed by atoms with Crippen molar-refractivity contribution in [3.8, 4) is 0 Å². The fourth-order valence-electron chi connectivity index (χ4n) is 0.449. The van der Waals surface area contributed by atoms with E-state index >= 15 is 0 Å². The SMILES string of the molecule is CC=CC=[CH][Mo][CH]=CC=CC. The first kappa shape index (κ1) is 10.6. The monoisotopic (exact) mass is 232 g/mol. The zero-order valence-electron chi connectivity index (χ0n) is 7.03. The fourth-order valence-corrected chi connectivity index (χ4v) is 1.56. The summed E-state index contributed by atoms with van der Waals surface area (Å²) in [6, 6.07) is 0. The maximum absolute atomic E-state index is 2.26. The van der Waals surface area contributed by atoms with Crippen molar-refractivity contribution < 1.29 is 18.6 Å². The Kier molecular flexibility index (Phi) is 9.34. The van der Waals surface area contributed by atoms with Crippen molar-refractivity contribution in [1.29, 1.82) is 0 Å². The predicted octanol–water partition coefficient (Wildman–Crippen LogP) is 3.25. The molecule has 11 heavy (non-hydrogen) atoms. The summed E-state index contributed by atoms with van der Waals surface area (Å²) in [5, 5.41) is 0. The molecular formula is C10H14Mo. The Bertz CT molecular complexity index is 153. The van der Waals surface area contributed by atoms with E-state index in [4.69, 9.17) is 0 Å². The van der Waals surface area contributed by atoms with E-state index in [-0.39, 0.29) is 18.6 Å². The van der Waals surface area contributed by atoms with E-state index in [1.807, 2.05) is 26.0 Å². The summed E-state index contributed by atoms with van der Waals surface area (Å²) >= 11 is -0.0224. The molecule has 0 unspecified atom stereocenters. The van der Waals surface area contributed by atoms with Gasteiger partial charge in [-0.05, 0) is 0 Å². The molecule has 0 aromatic heterocycles. The Morgan fingerprint density at radius 3 is 1.55 bits per heavy atom. The van der Waals surface area contributed by atoms with Crippen molar-refractivity contribution >= 4 is 0 Å². The third-order valence-electron chi connectivity index (χ3n) is 0.921. The van der Waals surface area contributed by atoms with Crippen LogP contribution in [0.25, 0.3) is 0 Å². The van der Waals surface area contributed by atoms with Crippen LogP contribution < -0.4 is 0 Å². The van der Waals surface area contributed by atoms with Crippen molar-refractivity contribution in [1.82, 2.24) is 0 Å². The van der Waals surface area contributed by atoms with Gasteiger partial charge in [-0.2, -0.15) is 0 Å². The van der Waals surface area contributed by atoms with Crippen LogP contribution in [0.4, 0.5) is 0 Å². The second kappa shape index (κ2) is 9.65. The molecule has 0 radical (unpaired) electrons. The van der Waals surface area contributed by atoms with Gasteiger partial charge < -0.3 is 0 Å². The van der Waals surface area contributed by atoms with Gasteiger partial charge >= 0.3 is 77.8 Å². The molecule has 0 bridgehead atoms. The van der Waals surface area contributed by atoms with E-state index in [0.29, 0.717) is 0 Å². The van der Waals surface area contributed by atoms with Gasteiger partial charge in [0.15, 0.2) is 0 Å². The third kappa shape index (κ3) is 9.65. The Morgan fingerprint density at radius 2 is 1.18 bits per heavy atom. The number of hydrogen-bond donors (Lipinski definition) is 0. The molecule has 0 spiro atoms. The van der Waals surface area contributed by atoms with Crippen LogP contribution in [0.3, 0.4) is 0 Å². The Labute approximate surface area is 77.9 Å². The van der Waals surface area contributed by atoms with E-state index in [1.165, 1.54) is 0 Å². The van der Waals surface area contributed by atoms with Crippen molar-refractivity contribution in [2.45, 2.75) is 13.8 Å². The quantitative estimate of drug-likeness (QED) is 0.513. The summed E-state index contributed by atoms with van der Waals surface area (Å²) in [4.78, 5) is 0. The summed E-state index contributed by atoms with van der Waals surface area (Å²) in [5.74, 6) is 0. The number of allylic oxidation sites excluding steroid dienone is 6. The average molecular weight is 230 g/mol. The summed E-state index contributed by atoms with van der Waals surface area (Å²) in [5.41, 5.74) is 0. The van der Waals surface area contributed by atoms with E-state index in [1.54, 1.807) is 0 Å². The minimum atomic E-state index is -0.0224. The molecule has 0 nitrogen and oxygen atoms in total. The molecule has 0 aromatic carbocycles. The van der Waals surface area contributed by atoms with Gasteiger partial charge in [0.1, 0.15) is 0 Å². The summed E-state index contributed by atoms with van der Waals surface area (Å²) < 4.78 is 4.51. The van der Waals surface area contributed by atoms with Gasteiger partial charge in [-0.3, -0.25) is 0 Å². The van der Waals surface area contributed by atoms with E-state index < -0.39 is 0 Å². The number of rotatable bonds is 4. The van der Waals surface area contributed by atoms with Crippen molar-refractivity contribution in [2.75, 3.05) is 0 Å². The standard InChI is InChI=1S/2C5H7.Mo/c2*1-3-5-4-2;/h2*1,3-5H,2H3;. The molecule has 0 aliphatic heterocycles. The molecule has 0 saturated heterocycles. The third-order valence-corrected chi connectivity index (χ3v) is 2.47. The zero-order chi connectivity index (χ0) is 8.36. The molecular weight excluding hydrogens is 216 g/mol. The fraction of sp³-hybridized carbons (Fsp3) is 0.200. The molecule has 1 heteroatoms. The first-order chi connectivity index (χ1) is 5.41. The van der Waals surface area contributed by atoms with Gasteiger partial charge in [0.2, 0.25) is 0 Å². The van der Waals surface area contributed by atoms with Gasteiger partial charge in [-0.15, -0.1) is 0 Å². The second-order valence-electron chi connectivity index (χ2n) is 1.84. The Hall–Kier alpha value is -0.352. The van der Waals surface area contributed by atoms with Crippen LogP contribution in [-0.4, -0.2) is 0 Å². The molecule has 0 rings (SSSR count). The molecule has 0 amide bonds. The molecule has 0 heterocycles. The molecule has 60 valence electrons. The van der Waals surface area contributed by atoms with Crippen LogP contribution in [0.5, 0.6) is 0 Å². The van der Waals surface area contributed by atoms with E-state index in [9.17, 15) is 0 Å². The van der Waals surface area contributed by atoms with Gasteiger partial charge in [-0.25, -0.2) is 0 Å². The van der Waals surface area contributed by atoms with Crippen LogP contribution in [0.1, 0.15) is 13.8 Å². The minimum absolute atomic E-state index is 0.0224. The Balaban J connectivity index is 3.40. The van der Waals surface area contributed by atoms with Crippen LogP contribution in [0.2, 0.25) is 0 Å². The topological polar surface area (TPSA) is 0 Å². The van der Waals surface area contributed by atoms with Crippen LogP contribution in [-0.2, 0) is 18.6 Å². The summed E-state index contributed by atoms with van der Waals surface area (Å²) in [6.45, 7) is 4.06. The first-order valence-electron chi connectivity index (χ1n) is 3.63. The molecule has 0 aromatic rings. The van der Waals surface area contributed by atoms with Crippen molar-refractivity contribution in [3.63, 3.8) is 0 Å². The molecule has 0 atom stereocenters. The van der Waals surface area contributed by atoms with Crippen LogP contribution in [0, 0.1) is 0 Å². The van der Waals surface area contributed by atoms with Gasteiger partial charge in [0.25, 0.3) is 0 Å². The van der Waals surface area contributed by atoms with E-state index in [2.05, 4.69) is 33.2 Å². The summed E-state index contributed by atoms with van der Waals surface area (Å²) in [6.07, 6.45) is 12.4. The maximum atomic E-state index is 2.26. The average Bonchev–Trinajstić information content (AvgIpc) is 2.03. The van der Waals surface area contributed by atoms with E-state index in [0.717, 1.165) is 0 Å². The van der Waals surface area contributed by atoms with Crippen LogP contribution in [0.15, 0.2) is 45.4 Å². The second-order valence-corrected chi connectivity index (χ2v) is 3.85. The van der Waals surface area contributed by atoms with Crippen molar-refractivity contribution in [2.24, 2.45) is 0 Å².